The highest BCUT2D eigenvalue weighted by atomic mass is 19.3. The molecule has 4 nitrogen and oxygen atoms in total. The molecule has 4 rings (SSSR count). The van der Waals surface area contributed by atoms with Gasteiger partial charge in [0.2, 0.25) is 0 Å². The van der Waals surface area contributed by atoms with Crippen molar-refractivity contribution in [3.05, 3.63) is 59.7 Å². The van der Waals surface area contributed by atoms with Gasteiger partial charge in [0.05, 0.1) is 6.54 Å². The number of aliphatic hydroxyl groups excluding tert-OH is 1. The molecule has 0 spiro atoms. The van der Waals surface area contributed by atoms with Gasteiger partial charge in [0.1, 0.15) is 12.7 Å². The molecule has 1 aliphatic heterocycles. The SMILES string of the molecule is O=C(OCC1c2ccccc2-c2ccccc21)N1CCC(F)(F)C(O)C1. The average molecular weight is 359 g/mol. The lowest BCUT2D eigenvalue weighted by atomic mass is 9.98. The number of aliphatic hydroxyl groups is 1. The van der Waals surface area contributed by atoms with E-state index in [-0.39, 0.29) is 19.1 Å². The first-order chi connectivity index (χ1) is 12.5. The minimum Gasteiger partial charge on any atom is -0.448 e. The van der Waals surface area contributed by atoms with Gasteiger partial charge < -0.3 is 14.7 Å². The third kappa shape index (κ3) is 2.84. The molecule has 1 saturated heterocycles. The van der Waals surface area contributed by atoms with Crippen LogP contribution in [0.1, 0.15) is 23.5 Å². The maximum atomic E-state index is 13.4. The number of ether oxygens (including phenoxy) is 1. The Bertz CT molecular complexity index is 794. The number of β-amino-alcohol motifs (C(OH)–C–C–N with tert-alkyl or cyclic N) is 1. The summed E-state index contributed by atoms with van der Waals surface area (Å²) < 4.78 is 32.2. The molecule has 1 atom stereocenters. The van der Waals surface area contributed by atoms with Gasteiger partial charge in [-0.3, -0.25) is 0 Å². The predicted octanol–water partition coefficient (Wildman–Crippen LogP) is 3.64. The van der Waals surface area contributed by atoms with E-state index in [4.69, 9.17) is 4.74 Å². The van der Waals surface area contributed by atoms with Crippen LogP contribution in [0.2, 0.25) is 0 Å². The van der Waals surface area contributed by atoms with Gasteiger partial charge in [0, 0.05) is 18.9 Å². The van der Waals surface area contributed by atoms with Crippen molar-refractivity contribution in [2.45, 2.75) is 24.4 Å². The summed E-state index contributed by atoms with van der Waals surface area (Å²) in [4.78, 5) is 13.4. The van der Waals surface area contributed by atoms with Gasteiger partial charge in [-0.1, -0.05) is 48.5 Å². The molecule has 1 aliphatic carbocycles. The van der Waals surface area contributed by atoms with Crippen LogP contribution >= 0.6 is 0 Å². The van der Waals surface area contributed by atoms with Crippen molar-refractivity contribution in [2.75, 3.05) is 19.7 Å². The maximum Gasteiger partial charge on any atom is 0.409 e. The number of hydrogen-bond acceptors (Lipinski definition) is 3. The lowest BCUT2D eigenvalue weighted by molar-refractivity contribution is -0.143. The number of piperidine rings is 1. The molecule has 2 aromatic carbocycles. The third-order valence-corrected chi connectivity index (χ3v) is 5.19. The highest BCUT2D eigenvalue weighted by Crippen LogP contribution is 2.44. The van der Waals surface area contributed by atoms with Crippen LogP contribution < -0.4 is 0 Å². The van der Waals surface area contributed by atoms with E-state index in [1.807, 2.05) is 48.5 Å². The Balaban J connectivity index is 1.48. The topological polar surface area (TPSA) is 49.8 Å². The maximum absolute atomic E-state index is 13.4. The van der Waals surface area contributed by atoms with Gasteiger partial charge in [-0.2, -0.15) is 0 Å². The molecular formula is C20H19F2NO3. The summed E-state index contributed by atoms with van der Waals surface area (Å²) in [5.41, 5.74) is 4.42. The van der Waals surface area contributed by atoms with Crippen LogP contribution in [0.4, 0.5) is 13.6 Å². The van der Waals surface area contributed by atoms with Crippen LogP contribution in [0.25, 0.3) is 11.1 Å². The van der Waals surface area contributed by atoms with Crippen LogP contribution in [0.3, 0.4) is 0 Å². The molecule has 1 amide bonds. The Morgan fingerprint density at radius 1 is 1.12 bits per heavy atom. The summed E-state index contributed by atoms with van der Waals surface area (Å²) in [6.07, 6.45) is -3.07. The molecule has 0 bridgehead atoms. The van der Waals surface area contributed by atoms with Gasteiger partial charge in [-0.15, -0.1) is 0 Å². The van der Waals surface area contributed by atoms with Crippen LogP contribution in [0.5, 0.6) is 0 Å². The molecule has 26 heavy (non-hydrogen) atoms. The fourth-order valence-corrected chi connectivity index (χ4v) is 3.74. The summed E-state index contributed by atoms with van der Waals surface area (Å²) in [7, 11) is 0. The second-order valence-electron chi connectivity index (χ2n) is 6.78. The molecule has 1 fully saturated rings. The van der Waals surface area contributed by atoms with Crippen molar-refractivity contribution in [1.82, 2.24) is 4.90 Å². The van der Waals surface area contributed by atoms with Crippen LogP contribution in [-0.4, -0.2) is 47.8 Å². The summed E-state index contributed by atoms with van der Waals surface area (Å²) in [5.74, 6) is -3.23. The number of fused-ring (bicyclic) bond motifs is 3. The minimum atomic E-state index is -3.15. The van der Waals surface area contributed by atoms with E-state index >= 15 is 0 Å². The van der Waals surface area contributed by atoms with Gasteiger partial charge >= 0.3 is 6.09 Å². The largest absolute Gasteiger partial charge is 0.448 e. The molecule has 136 valence electrons. The third-order valence-electron chi connectivity index (χ3n) is 5.19. The van der Waals surface area contributed by atoms with Crippen LogP contribution in [0.15, 0.2) is 48.5 Å². The molecule has 0 aromatic heterocycles. The quantitative estimate of drug-likeness (QED) is 0.891. The molecule has 1 N–H and O–H groups in total. The first-order valence-corrected chi connectivity index (χ1v) is 8.63. The Kier molecular flexibility index (Phi) is 4.15. The molecular weight excluding hydrogens is 340 g/mol. The Hall–Kier alpha value is -2.47. The Labute approximate surface area is 150 Å². The normalized spacial score (nSPS) is 21.2. The Morgan fingerprint density at radius 3 is 2.27 bits per heavy atom. The number of alkyl halides is 2. The van der Waals surface area contributed by atoms with E-state index in [0.717, 1.165) is 27.2 Å². The number of nitrogens with zero attached hydrogens (tertiary/aromatic N) is 1. The molecule has 1 unspecified atom stereocenters. The second-order valence-corrected chi connectivity index (χ2v) is 6.78. The monoisotopic (exact) mass is 359 g/mol. The van der Waals surface area contributed by atoms with Crippen molar-refractivity contribution in [1.29, 1.82) is 0 Å². The highest BCUT2D eigenvalue weighted by molar-refractivity contribution is 5.79. The average Bonchev–Trinajstić information content (AvgIpc) is 2.96. The number of carbonyl (C=O) groups is 1. The van der Waals surface area contributed by atoms with Crippen molar-refractivity contribution >= 4 is 6.09 Å². The van der Waals surface area contributed by atoms with E-state index in [1.54, 1.807) is 0 Å². The molecule has 2 aromatic rings. The van der Waals surface area contributed by atoms with E-state index in [9.17, 15) is 18.7 Å². The zero-order valence-electron chi connectivity index (χ0n) is 14.1. The number of likely N-dealkylation sites (tertiary alicyclic amines) is 1. The van der Waals surface area contributed by atoms with Gasteiger partial charge in [-0.25, -0.2) is 13.6 Å². The summed E-state index contributed by atoms with van der Waals surface area (Å²) in [6, 6.07) is 15.9. The molecule has 6 heteroatoms. The molecule has 0 saturated carbocycles. The lowest BCUT2D eigenvalue weighted by Gasteiger charge is -2.35. The second kappa shape index (κ2) is 6.36. The highest BCUT2D eigenvalue weighted by Gasteiger charge is 2.44. The molecule has 1 heterocycles. The standard InChI is InChI=1S/C20H19F2NO3/c21-20(22)9-10-23(11-18(20)24)19(25)26-12-17-15-7-3-1-5-13(15)14-6-2-4-8-16(14)17/h1-8,17-18,24H,9-12H2. The van der Waals surface area contributed by atoms with E-state index < -0.39 is 31.1 Å². The van der Waals surface area contributed by atoms with Gasteiger partial charge in [-0.05, 0) is 22.3 Å². The predicted molar refractivity (Wildman–Crippen MR) is 92.2 cm³/mol. The number of amides is 1. The minimum absolute atomic E-state index is 0.0810. The number of hydrogen-bond donors (Lipinski definition) is 1. The van der Waals surface area contributed by atoms with Crippen LogP contribution in [0, 0.1) is 0 Å². The summed E-state index contributed by atoms with van der Waals surface area (Å²) in [5, 5.41) is 9.50. The number of rotatable bonds is 2. The van der Waals surface area contributed by atoms with Crippen molar-refractivity contribution in [2.24, 2.45) is 0 Å². The summed E-state index contributed by atoms with van der Waals surface area (Å²) in [6.45, 7) is -0.403. The molecule has 0 radical (unpaired) electrons. The number of benzene rings is 2. The smallest absolute Gasteiger partial charge is 0.409 e. The number of carbonyl (C=O) groups excluding carboxylic acids is 1. The molecule has 2 aliphatic rings. The first kappa shape index (κ1) is 17.0. The fourth-order valence-electron chi connectivity index (χ4n) is 3.74. The Morgan fingerprint density at radius 2 is 1.69 bits per heavy atom. The van der Waals surface area contributed by atoms with Crippen molar-refractivity contribution < 1.29 is 23.4 Å². The van der Waals surface area contributed by atoms with Crippen LogP contribution in [-0.2, 0) is 4.74 Å². The van der Waals surface area contributed by atoms with Gasteiger partial charge in [0.25, 0.3) is 5.92 Å². The number of halogens is 2. The van der Waals surface area contributed by atoms with Crippen molar-refractivity contribution in [3.8, 4) is 11.1 Å². The fraction of sp³-hybridized carbons (Fsp3) is 0.350. The van der Waals surface area contributed by atoms with E-state index in [1.165, 1.54) is 0 Å². The summed E-state index contributed by atoms with van der Waals surface area (Å²) >= 11 is 0. The van der Waals surface area contributed by atoms with E-state index in [0.29, 0.717) is 0 Å². The van der Waals surface area contributed by atoms with E-state index in [2.05, 4.69) is 0 Å². The zero-order valence-corrected chi connectivity index (χ0v) is 14.1. The zero-order chi connectivity index (χ0) is 18.3. The first-order valence-electron chi connectivity index (χ1n) is 8.63. The van der Waals surface area contributed by atoms with Crippen molar-refractivity contribution in [3.63, 3.8) is 0 Å². The van der Waals surface area contributed by atoms with Gasteiger partial charge in [0.15, 0.2) is 0 Å². The lowest BCUT2D eigenvalue weighted by Crippen LogP contribution is -2.52.